The second-order valence-electron chi connectivity index (χ2n) is 5.86. The molecule has 2 heteroatoms. The summed E-state index contributed by atoms with van der Waals surface area (Å²) in [6.45, 7) is 8.81. The van der Waals surface area contributed by atoms with E-state index in [0.29, 0.717) is 0 Å². The van der Waals surface area contributed by atoms with E-state index in [1.165, 1.54) is 16.7 Å². The van der Waals surface area contributed by atoms with Gasteiger partial charge in [-0.05, 0) is 43.3 Å². The first-order valence-electron chi connectivity index (χ1n) is 6.79. The van der Waals surface area contributed by atoms with E-state index in [0.717, 1.165) is 0 Å². The molecule has 1 atom stereocenters. The molecule has 0 aliphatic carbocycles. The Bertz CT molecular complexity index is 511. The zero-order valence-electron chi connectivity index (χ0n) is 12.2. The molecular weight excluding hydrogens is 248 g/mol. The third-order valence-electron chi connectivity index (χ3n) is 3.02. The van der Waals surface area contributed by atoms with Crippen LogP contribution in [0.4, 0.5) is 0 Å². The lowest BCUT2D eigenvalue weighted by Gasteiger charge is -2.23. The van der Waals surface area contributed by atoms with Crippen molar-refractivity contribution in [2.75, 3.05) is 0 Å². The average Bonchev–Trinajstić information content (AvgIpc) is 2.38. The summed E-state index contributed by atoms with van der Waals surface area (Å²) in [4.78, 5) is 0. The molecule has 19 heavy (non-hydrogen) atoms. The highest BCUT2D eigenvalue weighted by Gasteiger charge is 2.19. The first-order valence-corrected chi connectivity index (χ1v) is 10.2. The van der Waals surface area contributed by atoms with Gasteiger partial charge in [0.25, 0.3) is 0 Å². The third-order valence-corrected chi connectivity index (χ3v) is 4.08. The lowest BCUT2D eigenvalue weighted by Crippen LogP contribution is -2.26. The summed E-state index contributed by atoms with van der Waals surface area (Å²) in [6, 6.07) is 19.2. The normalized spacial score (nSPS) is 13.3. The number of hydrogen-bond acceptors (Lipinski definition) is 1. The van der Waals surface area contributed by atoms with Gasteiger partial charge in [0.15, 0.2) is 8.32 Å². The van der Waals surface area contributed by atoms with E-state index in [1.807, 2.05) is 6.07 Å². The molecule has 100 valence electrons. The van der Waals surface area contributed by atoms with Gasteiger partial charge < -0.3 is 4.43 Å². The minimum absolute atomic E-state index is 0.177. The van der Waals surface area contributed by atoms with Crippen LogP contribution in [-0.2, 0) is 4.43 Å². The first-order chi connectivity index (χ1) is 8.96. The summed E-state index contributed by atoms with van der Waals surface area (Å²) >= 11 is 0. The fourth-order valence-corrected chi connectivity index (χ4v) is 3.37. The van der Waals surface area contributed by atoms with Gasteiger partial charge in [-0.1, -0.05) is 54.6 Å². The predicted octanol–water partition coefficient (Wildman–Crippen LogP) is 5.27. The number of hydrogen-bond donors (Lipinski definition) is 0. The highest BCUT2D eigenvalue weighted by atomic mass is 28.4. The van der Waals surface area contributed by atoms with Crippen molar-refractivity contribution in [3.05, 3.63) is 60.2 Å². The van der Waals surface area contributed by atoms with Gasteiger partial charge in [-0.2, -0.15) is 0 Å². The van der Waals surface area contributed by atoms with Crippen molar-refractivity contribution >= 4 is 8.32 Å². The number of benzene rings is 2. The molecule has 0 aromatic heterocycles. The van der Waals surface area contributed by atoms with Gasteiger partial charge in [-0.3, -0.25) is 0 Å². The summed E-state index contributed by atoms with van der Waals surface area (Å²) in [7, 11) is -1.48. The van der Waals surface area contributed by atoms with Crippen LogP contribution >= 0.6 is 0 Å². The molecule has 0 aliphatic rings. The van der Waals surface area contributed by atoms with Crippen LogP contribution in [0.1, 0.15) is 18.6 Å². The molecule has 0 N–H and O–H groups in total. The van der Waals surface area contributed by atoms with Gasteiger partial charge in [-0.25, -0.2) is 0 Å². The van der Waals surface area contributed by atoms with Gasteiger partial charge in [0.1, 0.15) is 0 Å². The van der Waals surface area contributed by atoms with E-state index in [9.17, 15) is 0 Å². The zero-order chi connectivity index (χ0) is 13.9. The molecule has 1 unspecified atom stereocenters. The molecule has 2 aromatic carbocycles. The van der Waals surface area contributed by atoms with E-state index in [-0.39, 0.29) is 6.10 Å². The van der Waals surface area contributed by atoms with Crippen LogP contribution in [0.2, 0.25) is 19.6 Å². The second-order valence-corrected chi connectivity index (χ2v) is 10.3. The third kappa shape index (κ3) is 4.05. The van der Waals surface area contributed by atoms with Crippen molar-refractivity contribution in [1.82, 2.24) is 0 Å². The molecule has 0 spiro atoms. The van der Waals surface area contributed by atoms with Crippen molar-refractivity contribution in [3.8, 4) is 11.1 Å². The molecule has 0 saturated heterocycles. The Hall–Kier alpha value is -1.38. The largest absolute Gasteiger partial charge is 0.411 e. The van der Waals surface area contributed by atoms with Crippen molar-refractivity contribution in [2.45, 2.75) is 32.7 Å². The van der Waals surface area contributed by atoms with Gasteiger partial charge in [0.05, 0.1) is 6.10 Å². The van der Waals surface area contributed by atoms with Crippen molar-refractivity contribution in [3.63, 3.8) is 0 Å². The summed E-state index contributed by atoms with van der Waals surface area (Å²) in [5, 5.41) is 0. The van der Waals surface area contributed by atoms with E-state index in [1.54, 1.807) is 0 Å². The van der Waals surface area contributed by atoms with Crippen LogP contribution in [-0.4, -0.2) is 8.32 Å². The fourth-order valence-electron chi connectivity index (χ4n) is 2.18. The minimum atomic E-state index is -1.48. The molecule has 0 bridgehead atoms. The highest BCUT2D eigenvalue weighted by molar-refractivity contribution is 6.69. The maximum Gasteiger partial charge on any atom is 0.184 e. The van der Waals surface area contributed by atoms with Crippen molar-refractivity contribution in [1.29, 1.82) is 0 Å². The monoisotopic (exact) mass is 270 g/mol. The van der Waals surface area contributed by atoms with Crippen LogP contribution in [0.5, 0.6) is 0 Å². The Labute approximate surface area is 117 Å². The molecule has 0 heterocycles. The Morgan fingerprint density at radius 3 is 1.84 bits per heavy atom. The lowest BCUT2D eigenvalue weighted by atomic mass is 10.0. The molecular formula is C17H22OSi. The Morgan fingerprint density at radius 1 is 0.789 bits per heavy atom. The zero-order valence-corrected chi connectivity index (χ0v) is 13.2. The minimum Gasteiger partial charge on any atom is -0.411 e. The summed E-state index contributed by atoms with van der Waals surface area (Å²) in [6.07, 6.45) is 0.177. The van der Waals surface area contributed by atoms with Gasteiger partial charge in [-0.15, -0.1) is 0 Å². The first kappa shape index (κ1) is 14.0. The highest BCUT2D eigenvalue weighted by Crippen LogP contribution is 2.25. The van der Waals surface area contributed by atoms with Crippen LogP contribution in [0.15, 0.2) is 54.6 Å². The SMILES string of the molecule is CC(O[Si](C)(C)C)c1ccc(-c2ccccc2)cc1. The summed E-state index contributed by atoms with van der Waals surface area (Å²) in [5.74, 6) is 0. The molecule has 1 nitrogen and oxygen atoms in total. The van der Waals surface area contributed by atoms with Crippen molar-refractivity contribution < 1.29 is 4.43 Å². The van der Waals surface area contributed by atoms with Crippen LogP contribution < -0.4 is 0 Å². The van der Waals surface area contributed by atoms with Gasteiger partial charge in [0, 0.05) is 0 Å². The van der Waals surface area contributed by atoms with Crippen LogP contribution in [0.25, 0.3) is 11.1 Å². The molecule has 2 rings (SSSR count). The molecule has 2 aromatic rings. The lowest BCUT2D eigenvalue weighted by molar-refractivity contribution is 0.219. The van der Waals surface area contributed by atoms with Crippen LogP contribution in [0, 0.1) is 0 Å². The Morgan fingerprint density at radius 2 is 1.32 bits per heavy atom. The van der Waals surface area contributed by atoms with E-state index in [4.69, 9.17) is 4.43 Å². The molecule has 0 aliphatic heterocycles. The predicted molar refractivity (Wildman–Crippen MR) is 84.7 cm³/mol. The topological polar surface area (TPSA) is 9.23 Å². The average molecular weight is 270 g/mol. The second kappa shape index (κ2) is 5.72. The van der Waals surface area contributed by atoms with Crippen LogP contribution in [0.3, 0.4) is 0 Å². The fraction of sp³-hybridized carbons (Fsp3) is 0.294. The summed E-state index contributed by atoms with van der Waals surface area (Å²) in [5.41, 5.74) is 3.76. The Kier molecular flexibility index (Phi) is 4.23. The smallest absolute Gasteiger partial charge is 0.184 e. The molecule has 0 radical (unpaired) electrons. The van der Waals surface area contributed by atoms with Gasteiger partial charge in [0.2, 0.25) is 0 Å². The van der Waals surface area contributed by atoms with E-state index < -0.39 is 8.32 Å². The van der Waals surface area contributed by atoms with Gasteiger partial charge >= 0.3 is 0 Å². The standard InChI is InChI=1S/C17H22OSi/c1-14(18-19(2,3)4)15-10-12-17(13-11-15)16-8-6-5-7-9-16/h5-14H,1-4H3. The molecule has 0 fully saturated rings. The quantitative estimate of drug-likeness (QED) is 0.688. The van der Waals surface area contributed by atoms with E-state index >= 15 is 0 Å². The summed E-state index contributed by atoms with van der Waals surface area (Å²) < 4.78 is 6.11. The number of rotatable bonds is 4. The molecule has 0 amide bonds. The Balaban J connectivity index is 2.15. The van der Waals surface area contributed by atoms with Crippen molar-refractivity contribution in [2.24, 2.45) is 0 Å². The molecule has 0 saturated carbocycles. The maximum atomic E-state index is 6.11. The van der Waals surface area contributed by atoms with E-state index in [2.05, 4.69) is 75.1 Å². The maximum absolute atomic E-state index is 6.11.